The second-order valence-electron chi connectivity index (χ2n) is 7.20. The van der Waals surface area contributed by atoms with Crippen LogP contribution in [0.4, 0.5) is 26.3 Å². The molecule has 7 nitrogen and oxygen atoms in total. The second-order valence-corrected chi connectivity index (χ2v) is 8.78. The summed E-state index contributed by atoms with van der Waals surface area (Å²) in [4.78, 5) is 10.1. The van der Waals surface area contributed by atoms with Gasteiger partial charge in [0.15, 0.2) is 0 Å². The summed E-state index contributed by atoms with van der Waals surface area (Å²) < 4.78 is 69.1. The van der Waals surface area contributed by atoms with Gasteiger partial charge in [-0.2, -0.15) is 26.3 Å². The number of aliphatic carboxylic acids is 1. The van der Waals surface area contributed by atoms with Gasteiger partial charge in [0.05, 0.1) is 13.2 Å². The lowest BCUT2D eigenvalue weighted by Gasteiger charge is -2.38. The molecule has 3 rings (SSSR count). The van der Waals surface area contributed by atoms with Crippen molar-refractivity contribution in [1.82, 2.24) is 20.9 Å². The smallest absolute Gasteiger partial charge is 0.475 e. The molecule has 0 spiro atoms. The highest BCUT2D eigenvalue weighted by Crippen LogP contribution is 2.33. The molecule has 0 aromatic heterocycles. The van der Waals surface area contributed by atoms with Crippen LogP contribution in [0.25, 0.3) is 0 Å². The predicted molar refractivity (Wildman–Crippen MR) is 97.5 cm³/mol. The van der Waals surface area contributed by atoms with Gasteiger partial charge in [0.25, 0.3) is 0 Å². The Labute approximate surface area is 177 Å². The summed E-state index contributed by atoms with van der Waals surface area (Å²) in [5.74, 6) is -1.94. The van der Waals surface area contributed by atoms with Crippen LogP contribution in [0.15, 0.2) is 0 Å². The van der Waals surface area contributed by atoms with Gasteiger partial charge in [-0.05, 0) is 12.8 Å². The van der Waals surface area contributed by atoms with Crippen LogP contribution in [0.1, 0.15) is 19.3 Å². The summed E-state index contributed by atoms with van der Waals surface area (Å²) in [6, 6.07) is 0.0971. The summed E-state index contributed by atoms with van der Waals surface area (Å²) in [7, 11) is 0. The Hall–Kier alpha value is -0.510. The molecule has 0 aromatic rings. The molecule has 1 saturated carbocycles. The zero-order valence-corrected chi connectivity index (χ0v) is 17.1. The summed E-state index contributed by atoms with van der Waals surface area (Å²) in [5, 5.41) is 26.9. The van der Waals surface area contributed by atoms with E-state index in [2.05, 4.69) is 16.0 Å². The number of carboxylic acids is 1. The molecule has 2 saturated heterocycles. The number of aliphatic hydroxyl groups is 1. The topological polar surface area (TPSA) is 96.9 Å². The minimum Gasteiger partial charge on any atom is -0.475 e. The molecule has 3 fully saturated rings. The van der Waals surface area contributed by atoms with E-state index in [0.717, 1.165) is 19.3 Å². The summed E-state index contributed by atoms with van der Waals surface area (Å²) in [6.45, 7) is -0.866. The first-order valence-corrected chi connectivity index (χ1v) is 10.6. The van der Waals surface area contributed by atoms with E-state index in [9.17, 15) is 31.4 Å². The third-order valence-corrected chi connectivity index (χ3v) is 6.70. The third-order valence-electron chi connectivity index (χ3n) is 4.97. The first-order valence-electron chi connectivity index (χ1n) is 9.08. The van der Waals surface area contributed by atoms with E-state index in [0.29, 0.717) is 11.8 Å². The highest BCUT2D eigenvalue weighted by atomic mass is 35.5. The van der Waals surface area contributed by atoms with Crippen molar-refractivity contribution in [3.05, 3.63) is 0 Å². The lowest BCUT2D eigenvalue weighted by atomic mass is 10.0. The molecule has 5 N–H and O–H groups in total. The molecule has 1 aliphatic carbocycles. The molecule has 0 amide bonds. The van der Waals surface area contributed by atoms with Gasteiger partial charge in [0, 0.05) is 23.8 Å². The number of nitrogens with one attached hydrogen (secondary N) is 3. The first kappa shape index (κ1) is 25.7. The van der Waals surface area contributed by atoms with Crippen LogP contribution in [0.3, 0.4) is 0 Å². The standard InChI is InChI=1S/C13H22ClF3N4OS.C2HF3O2/c14-10-9(18-6-21(10)5-13(15,16)17)4-23-12-19-8-3-1-2-7(8)11(22)20-12;3-2(4,5)1(6)7/h7-12,18-20,22H,1-6H2;(H,6,7). The lowest BCUT2D eigenvalue weighted by molar-refractivity contribution is -0.192. The number of nitrogens with zero attached hydrogens (tertiary/aromatic N) is 1. The van der Waals surface area contributed by atoms with Gasteiger partial charge >= 0.3 is 18.3 Å². The van der Waals surface area contributed by atoms with Crippen molar-refractivity contribution in [3.8, 4) is 0 Å². The van der Waals surface area contributed by atoms with Gasteiger partial charge in [0.1, 0.15) is 17.2 Å². The van der Waals surface area contributed by atoms with E-state index >= 15 is 0 Å². The van der Waals surface area contributed by atoms with Crippen LogP contribution in [0.5, 0.6) is 0 Å². The normalized spacial score (nSPS) is 34.9. The fourth-order valence-electron chi connectivity index (χ4n) is 3.58. The second kappa shape index (κ2) is 10.4. The summed E-state index contributed by atoms with van der Waals surface area (Å²) in [5.41, 5.74) is -0.788. The van der Waals surface area contributed by atoms with Crippen LogP contribution < -0.4 is 16.0 Å². The zero-order valence-electron chi connectivity index (χ0n) is 15.5. The molecule has 0 radical (unpaired) electrons. The average Bonchev–Trinajstić information content (AvgIpc) is 3.20. The Balaban J connectivity index is 0.000000396. The SMILES string of the molecule is O=C(O)C(F)(F)F.OC1NC(SCC2NCN(CC(F)(F)F)C2Cl)NC2CCCC12. The maximum atomic E-state index is 12.5. The number of hydrogen-bond acceptors (Lipinski definition) is 7. The predicted octanol–water partition coefficient (Wildman–Crippen LogP) is 1.67. The van der Waals surface area contributed by atoms with Crippen LogP contribution >= 0.6 is 23.4 Å². The highest BCUT2D eigenvalue weighted by molar-refractivity contribution is 7.99. The molecular formula is C15H23ClF6N4O3S. The van der Waals surface area contributed by atoms with E-state index in [1.54, 1.807) is 0 Å². The molecule has 30 heavy (non-hydrogen) atoms. The van der Waals surface area contributed by atoms with Gasteiger partial charge in [-0.15, -0.1) is 23.4 Å². The fraction of sp³-hybridized carbons (Fsp3) is 0.933. The minimum atomic E-state index is -5.08. The molecule has 0 aromatic carbocycles. The quantitative estimate of drug-likeness (QED) is 0.232. The average molecular weight is 489 g/mol. The van der Waals surface area contributed by atoms with E-state index in [4.69, 9.17) is 21.5 Å². The van der Waals surface area contributed by atoms with Crippen molar-refractivity contribution in [2.75, 3.05) is 19.0 Å². The van der Waals surface area contributed by atoms with E-state index in [1.807, 2.05) is 0 Å². The minimum absolute atomic E-state index is 0.105. The van der Waals surface area contributed by atoms with Crippen molar-refractivity contribution in [2.45, 2.75) is 60.9 Å². The molecule has 6 atom stereocenters. The number of fused-ring (bicyclic) bond motifs is 1. The number of rotatable bonds is 4. The summed E-state index contributed by atoms with van der Waals surface area (Å²) >= 11 is 7.68. The Morgan fingerprint density at radius 1 is 1.17 bits per heavy atom. The maximum absolute atomic E-state index is 12.5. The number of alkyl halides is 7. The van der Waals surface area contributed by atoms with E-state index in [1.165, 1.54) is 16.7 Å². The molecule has 0 bridgehead atoms. The van der Waals surface area contributed by atoms with Crippen LogP contribution in [0.2, 0.25) is 0 Å². The number of hydrogen-bond donors (Lipinski definition) is 5. The number of carboxylic acid groups (broad SMARTS) is 1. The van der Waals surface area contributed by atoms with Crippen LogP contribution in [-0.4, -0.2) is 81.7 Å². The van der Waals surface area contributed by atoms with Gasteiger partial charge < -0.3 is 10.2 Å². The maximum Gasteiger partial charge on any atom is 0.490 e. The number of aliphatic hydroxyl groups excluding tert-OH is 1. The highest BCUT2D eigenvalue weighted by Gasteiger charge is 2.42. The van der Waals surface area contributed by atoms with Gasteiger partial charge in [-0.1, -0.05) is 6.42 Å². The Morgan fingerprint density at radius 3 is 2.37 bits per heavy atom. The molecule has 3 aliphatic rings. The lowest BCUT2D eigenvalue weighted by Crippen LogP contribution is -2.60. The number of carbonyl (C=O) groups is 1. The van der Waals surface area contributed by atoms with Crippen LogP contribution in [0, 0.1) is 5.92 Å². The Kier molecular flexibility index (Phi) is 8.93. The van der Waals surface area contributed by atoms with Crippen molar-refractivity contribution in [2.24, 2.45) is 5.92 Å². The molecule has 2 heterocycles. The molecular weight excluding hydrogens is 466 g/mol. The van der Waals surface area contributed by atoms with Crippen molar-refractivity contribution >= 4 is 29.3 Å². The summed E-state index contributed by atoms with van der Waals surface area (Å²) in [6.07, 6.45) is -6.67. The van der Waals surface area contributed by atoms with Crippen molar-refractivity contribution in [3.63, 3.8) is 0 Å². The van der Waals surface area contributed by atoms with Gasteiger partial charge in [-0.3, -0.25) is 20.9 Å². The van der Waals surface area contributed by atoms with Crippen molar-refractivity contribution in [1.29, 1.82) is 0 Å². The zero-order chi connectivity index (χ0) is 22.7. The van der Waals surface area contributed by atoms with Crippen molar-refractivity contribution < 1.29 is 41.4 Å². The first-order chi connectivity index (χ1) is 13.8. The van der Waals surface area contributed by atoms with Gasteiger partial charge in [0.2, 0.25) is 0 Å². The molecule has 6 unspecified atom stereocenters. The molecule has 176 valence electrons. The van der Waals surface area contributed by atoms with E-state index < -0.39 is 36.6 Å². The Morgan fingerprint density at radius 2 is 1.80 bits per heavy atom. The van der Waals surface area contributed by atoms with E-state index in [-0.39, 0.29) is 24.1 Å². The number of halogens is 7. The van der Waals surface area contributed by atoms with Gasteiger partial charge in [-0.25, -0.2) is 4.79 Å². The fourth-order valence-corrected chi connectivity index (χ4v) is 5.20. The molecule has 15 heteroatoms. The molecule has 2 aliphatic heterocycles. The monoisotopic (exact) mass is 488 g/mol. The number of thioether (sulfide) groups is 1. The largest absolute Gasteiger partial charge is 0.490 e. The Bertz CT molecular complexity index is 588. The third kappa shape index (κ3) is 7.57. The van der Waals surface area contributed by atoms with Crippen LogP contribution in [-0.2, 0) is 4.79 Å².